The number of alkyl halides is 2. The summed E-state index contributed by atoms with van der Waals surface area (Å²) in [6, 6.07) is 8.75. The second kappa shape index (κ2) is 6.87. The van der Waals surface area contributed by atoms with Gasteiger partial charge in [0.15, 0.2) is 0 Å². The number of rotatable bonds is 5. The Morgan fingerprint density at radius 2 is 2.00 bits per heavy atom. The first-order chi connectivity index (χ1) is 11.6. The van der Waals surface area contributed by atoms with E-state index in [0.717, 1.165) is 5.56 Å². The summed E-state index contributed by atoms with van der Waals surface area (Å²) in [6.45, 7) is 3.94. The van der Waals surface area contributed by atoms with E-state index in [1.165, 1.54) is 0 Å². The first-order valence-electron chi connectivity index (χ1n) is 7.57. The van der Waals surface area contributed by atoms with Gasteiger partial charge in [0, 0.05) is 0 Å². The van der Waals surface area contributed by atoms with Gasteiger partial charge >= 0.3 is 175 Å². The minimum atomic E-state index is -1.20. The average Bonchev–Trinajstić information content (AvgIpc) is 2.69. The number of benzene rings is 1. The normalized spacial score (nSPS) is 29.9. The van der Waals surface area contributed by atoms with Gasteiger partial charge in [-0.25, -0.2) is 0 Å². The topological polar surface area (TPSA) is 86.7 Å². The van der Waals surface area contributed by atoms with Crippen molar-refractivity contribution in [3.63, 3.8) is 0 Å². The molecule has 2 saturated heterocycles. The van der Waals surface area contributed by atoms with Crippen LogP contribution < -0.4 is 49.1 Å². The number of hydrogen-bond acceptors (Lipinski definition) is 4. The number of hydrogen-bond donors (Lipinski definition) is 2. The first kappa shape index (κ1) is 19.2. The average molecular weight is 587 g/mol. The molecule has 1 aromatic carbocycles. The number of amides is 2. The SMILES string of the molecule is CC1(C)SC2([I-])[C@H](NC(=O)Cc3ccccc3)C(=O)N2C1[I-]C(=O)O. The van der Waals surface area contributed by atoms with Crippen LogP contribution in [0, 0.1) is 0 Å². The van der Waals surface area contributed by atoms with Gasteiger partial charge in [0.25, 0.3) is 0 Å². The Labute approximate surface area is 173 Å². The molecular weight excluding hydrogens is 570 g/mol. The fraction of sp³-hybridized carbons (Fsp3) is 0.438. The Bertz CT molecular complexity index is 730. The third-order valence-electron chi connectivity index (χ3n) is 4.08. The van der Waals surface area contributed by atoms with Crippen LogP contribution in [0.15, 0.2) is 30.3 Å². The van der Waals surface area contributed by atoms with E-state index in [2.05, 4.69) is 27.9 Å². The Balaban J connectivity index is 1.72. The molecule has 6 nitrogen and oxygen atoms in total. The Hall–Kier alpha value is -0.560. The summed E-state index contributed by atoms with van der Waals surface area (Å²) in [5, 5.41) is 12.1. The zero-order valence-electron chi connectivity index (χ0n) is 13.5. The Morgan fingerprint density at radius 3 is 2.60 bits per heavy atom. The zero-order chi connectivity index (χ0) is 18.4. The van der Waals surface area contributed by atoms with E-state index in [0.29, 0.717) is 0 Å². The molecule has 3 rings (SSSR count). The quantitative estimate of drug-likeness (QED) is 0.119. The van der Waals surface area contributed by atoms with Gasteiger partial charge in [-0.3, -0.25) is 0 Å². The number of β-lactam (4-membered cyclic amide) rings is 1. The van der Waals surface area contributed by atoms with Crippen LogP contribution in [0.2, 0.25) is 0 Å². The number of carboxylic acid groups (broad SMARTS) is 1. The summed E-state index contributed by atoms with van der Waals surface area (Å²) in [7, 11) is 0. The van der Waals surface area contributed by atoms with Gasteiger partial charge in [-0.15, -0.1) is 0 Å². The Morgan fingerprint density at radius 1 is 1.36 bits per heavy atom. The van der Waals surface area contributed by atoms with Crippen molar-refractivity contribution in [1.29, 1.82) is 0 Å². The number of nitrogens with zero attached hydrogens (tertiary/aromatic N) is 1. The van der Waals surface area contributed by atoms with Crippen LogP contribution in [0.3, 0.4) is 0 Å². The van der Waals surface area contributed by atoms with Crippen LogP contribution in [0.4, 0.5) is 4.79 Å². The van der Waals surface area contributed by atoms with Crippen molar-refractivity contribution in [2.45, 2.75) is 38.0 Å². The van der Waals surface area contributed by atoms with Crippen molar-refractivity contribution < 1.29 is 63.3 Å². The molecule has 2 amide bonds. The van der Waals surface area contributed by atoms with E-state index >= 15 is 0 Å². The molecule has 2 aliphatic heterocycles. The van der Waals surface area contributed by atoms with Crippen LogP contribution in [0.5, 0.6) is 0 Å². The fourth-order valence-electron chi connectivity index (χ4n) is 3.03. The number of fused-ring (bicyclic) bond motifs is 1. The van der Waals surface area contributed by atoms with Crippen molar-refractivity contribution in [3.05, 3.63) is 35.9 Å². The number of thioether (sulfide) groups is 1. The summed E-state index contributed by atoms with van der Waals surface area (Å²) in [6.07, 6.45) is 0.219. The van der Waals surface area contributed by atoms with Crippen molar-refractivity contribution in [3.8, 4) is 0 Å². The molecule has 25 heavy (non-hydrogen) atoms. The predicted octanol–water partition coefficient (Wildman–Crippen LogP) is -4.62. The summed E-state index contributed by atoms with van der Waals surface area (Å²) in [5.74, 6) is -0.380. The van der Waals surface area contributed by atoms with E-state index in [4.69, 9.17) is 0 Å². The van der Waals surface area contributed by atoms with Crippen LogP contribution in [0.25, 0.3) is 0 Å². The van der Waals surface area contributed by atoms with Gasteiger partial charge in [0.1, 0.15) is 0 Å². The van der Waals surface area contributed by atoms with E-state index in [-0.39, 0.29) is 27.0 Å². The van der Waals surface area contributed by atoms with E-state index in [1.807, 2.05) is 44.2 Å². The van der Waals surface area contributed by atoms with E-state index < -0.39 is 34.1 Å². The number of halogens is 2. The predicted molar refractivity (Wildman–Crippen MR) is 85.1 cm³/mol. The van der Waals surface area contributed by atoms with E-state index in [9.17, 15) is 19.5 Å². The number of nitrogens with one attached hydrogen (secondary N) is 1. The summed E-state index contributed by atoms with van der Waals surface area (Å²) in [5.41, 5.74) is 0.889. The second-order valence-electron chi connectivity index (χ2n) is 6.38. The molecule has 2 fully saturated rings. The van der Waals surface area contributed by atoms with Crippen molar-refractivity contribution in [2.24, 2.45) is 0 Å². The van der Waals surface area contributed by atoms with Crippen LogP contribution >= 0.6 is 11.8 Å². The standard InChI is InChI=1S/C16H17I2N2O4S/c1-15(2)13(18-14(23)24)20-12(22)11(16(20,17)25-15)19-10(21)8-9-6-4-3-5-7-9/h3-7,11,13H,8H2,1-2H3,(H,19,21)(H,23,24)/q-2/t11-,13?,16?/m1/s1. The zero-order valence-corrected chi connectivity index (χ0v) is 18.7. The molecule has 0 aromatic heterocycles. The molecule has 1 aromatic rings. The fourth-order valence-corrected chi connectivity index (χ4v) is 10.8. The van der Waals surface area contributed by atoms with Gasteiger partial charge in [-0.05, 0) is 0 Å². The van der Waals surface area contributed by atoms with Gasteiger partial charge in [0.2, 0.25) is 0 Å². The van der Waals surface area contributed by atoms with Crippen LogP contribution in [-0.2, 0) is 16.0 Å². The van der Waals surface area contributed by atoms with Gasteiger partial charge in [-0.1, -0.05) is 0 Å². The summed E-state index contributed by atoms with van der Waals surface area (Å²) < 4.78 is -2.05. The molecule has 0 aliphatic carbocycles. The van der Waals surface area contributed by atoms with Crippen LogP contribution in [-0.4, -0.2) is 43.5 Å². The number of carbonyl (C=O) groups excluding carboxylic acids is 2. The minimum absolute atomic E-state index is 0.181. The molecular formula is C16H17I2N2O4S-2. The molecule has 2 aliphatic rings. The van der Waals surface area contributed by atoms with Gasteiger partial charge < -0.3 is 0 Å². The molecule has 2 unspecified atom stereocenters. The van der Waals surface area contributed by atoms with Crippen LogP contribution in [0.1, 0.15) is 19.4 Å². The molecule has 0 bridgehead atoms. The van der Waals surface area contributed by atoms with Gasteiger partial charge in [0.05, 0.1) is 0 Å². The second-order valence-corrected chi connectivity index (χ2v) is 13.4. The molecule has 2 N–H and O–H groups in total. The number of carbonyl (C=O) groups is 3. The third-order valence-corrected chi connectivity index (χ3v) is 11.0. The van der Waals surface area contributed by atoms with Crippen molar-refractivity contribution >= 4 is 27.6 Å². The maximum absolute atomic E-state index is 12.6. The summed E-state index contributed by atoms with van der Waals surface area (Å²) in [4.78, 5) is 37.9. The Kier molecular flexibility index (Phi) is 5.28. The molecule has 0 saturated carbocycles. The van der Waals surface area contributed by atoms with Crippen molar-refractivity contribution in [2.75, 3.05) is 0 Å². The van der Waals surface area contributed by atoms with Gasteiger partial charge in [-0.2, -0.15) is 0 Å². The molecule has 9 heteroatoms. The molecule has 0 spiro atoms. The monoisotopic (exact) mass is 587 g/mol. The third kappa shape index (κ3) is 3.51. The van der Waals surface area contributed by atoms with E-state index in [1.54, 1.807) is 16.7 Å². The molecule has 1 radical (unpaired) electrons. The molecule has 137 valence electrons. The molecule has 3 atom stereocenters. The summed E-state index contributed by atoms with van der Waals surface area (Å²) >= 11 is 2.56. The van der Waals surface area contributed by atoms with Crippen molar-refractivity contribution in [1.82, 2.24) is 10.2 Å². The molecule has 2 heterocycles. The first-order valence-corrected chi connectivity index (χ1v) is 11.8. The maximum atomic E-state index is 12.6.